The van der Waals surface area contributed by atoms with Crippen molar-refractivity contribution < 1.29 is 9.53 Å². The van der Waals surface area contributed by atoms with E-state index >= 15 is 0 Å². The topological polar surface area (TPSA) is 41.6 Å². The lowest BCUT2D eigenvalue weighted by molar-refractivity contribution is -0.131. The van der Waals surface area contributed by atoms with E-state index in [1.807, 2.05) is 23.1 Å². The quantitative estimate of drug-likeness (QED) is 0.895. The molecule has 1 atom stereocenters. The van der Waals surface area contributed by atoms with Crippen LogP contribution in [0.3, 0.4) is 0 Å². The Hall–Kier alpha value is -0.780. The number of hydrogen-bond acceptors (Lipinski definition) is 3. The van der Waals surface area contributed by atoms with E-state index in [1.165, 1.54) is 0 Å². The molecule has 1 aromatic rings. The molecule has 1 N–H and O–H groups in total. The number of benzene rings is 1. The molecule has 0 radical (unpaired) electrons. The SMILES string of the molecule is COc1cc(Br)ccc1CC(=O)N1CCNC(C)C1.Cl. The summed E-state index contributed by atoms with van der Waals surface area (Å²) in [5, 5.41) is 3.34. The average Bonchev–Trinajstić information content (AvgIpc) is 2.40. The van der Waals surface area contributed by atoms with Gasteiger partial charge in [0.2, 0.25) is 5.91 Å². The van der Waals surface area contributed by atoms with Crippen molar-refractivity contribution in [3.8, 4) is 5.75 Å². The smallest absolute Gasteiger partial charge is 0.227 e. The molecule has 0 aliphatic carbocycles. The van der Waals surface area contributed by atoms with Gasteiger partial charge in [0.1, 0.15) is 5.75 Å². The normalized spacial score (nSPS) is 18.4. The zero-order valence-corrected chi connectivity index (χ0v) is 14.1. The third-order valence-corrected chi connectivity index (χ3v) is 3.81. The zero-order chi connectivity index (χ0) is 13.8. The molecule has 1 heterocycles. The number of halogens is 2. The number of ether oxygens (including phenoxy) is 1. The molecule has 20 heavy (non-hydrogen) atoms. The van der Waals surface area contributed by atoms with Gasteiger partial charge in [0.15, 0.2) is 0 Å². The minimum absolute atomic E-state index is 0. The van der Waals surface area contributed by atoms with Crippen molar-refractivity contribution in [1.29, 1.82) is 0 Å². The molecule has 1 saturated heterocycles. The Morgan fingerprint density at radius 3 is 2.95 bits per heavy atom. The molecule has 0 aromatic heterocycles. The molecular weight excluding hydrogens is 344 g/mol. The first kappa shape index (κ1) is 17.3. The van der Waals surface area contributed by atoms with Gasteiger partial charge in [0, 0.05) is 35.7 Å². The Morgan fingerprint density at radius 2 is 2.30 bits per heavy atom. The summed E-state index contributed by atoms with van der Waals surface area (Å²) in [5.41, 5.74) is 0.932. The molecule has 1 aliphatic heterocycles. The van der Waals surface area contributed by atoms with Gasteiger partial charge in [-0.25, -0.2) is 0 Å². The third-order valence-electron chi connectivity index (χ3n) is 3.31. The van der Waals surface area contributed by atoms with E-state index in [9.17, 15) is 4.79 Å². The van der Waals surface area contributed by atoms with Crippen molar-refractivity contribution in [1.82, 2.24) is 10.2 Å². The number of nitrogens with one attached hydrogen (secondary N) is 1. The number of amides is 1. The number of methoxy groups -OCH3 is 1. The molecule has 2 rings (SSSR count). The van der Waals surface area contributed by atoms with Crippen molar-refractivity contribution in [3.63, 3.8) is 0 Å². The fourth-order valence-electron chi connectivity index (χ4n) is 2.30. The fourth-order valence-corrected chi connectivity index (χ4v) is 2.64. The first-order valence-electron chi connectivity index (χ1n) is 6.43. The van der Waals surface area contributed by atoms with E-state index in [-0.39, 0.29) is 18.3 Å². The molecule has 0 spiro atoms. The van der Waals surface area contributed by atoms with Crippen LogP contribution in [0.1, 0.15) is 12.5 Å². The van der Waals surface area contributed by atoms with Gasteiger partial charge in [-0.3, -0.25) is 4.79 Å². The van der Waals surface area contributed by atoms with Crippen LogP contribution < -0.4 is 10.1 Å². The van der Waals surface area contributed by atoms with Crippen molar-refractivity contribution in [3.05, 3.63) is 28.2 Å². The van der Waals surface area contributed by atoms with Crippen LogP contribution in [-0.2, 0) is 11.2 Å². The highest BCUT2D eigenvalue weighted by atomic mass is 79.9. The zero-order valence-electron chi connectivity index (χ0n) is 11.7. The minimum atomic E-state index is 0. The molecule has 0 bridgehead atoms. The summed E-state index contributed by atoms with van der Waals surface area (Å²) >= 11 is 3.40. The summed E-state index contributed by atoms with van der Waals surface area (Å²) in [5.74, 6) is 0.917. The van der Waals surface area contributed by atoms with E-state index in [0.29, 0.717) is 12.5 Å². The van der Waals surface area contributed by atoms with Gasteiger partial charge in [-0.05, 0) is 19.1 Å². The summed E-state index contributed by atoms with van der Waals surface area (Å²) in [6.07, 6.45) is 0.392. The van der Waals surface area contributed by atoms with Crippen LogP contribution in [0.2, 0.25) is 0 Å². The van der Waals surface area contributed by atoms with Crippen LogP contribution in [0, 0.1) is 0 Å². The van der Waals surface area contributed by atoms with Crippen LogP contribution >= 0.6 is 28.3 Å². The number of piperazine rings is 1. The summed E-state index contributed by atoms with van der Waals surface area (Å²) in [6, 6.07) is 6.13. The van der Waals surface area contributed by atoms with Crippen LogP contribution in [0.25, 0.3) is 0 Å². The highest BCUT2D eigenvalue weighted by molar-refractivity contribution is 9.10. The number of carbonyl (C=O) groups excluding carboxylic acids is 1. The molecule has 0 saturated carbocycles. The summed E-state index contributed by atoms with van der Waals surface area (Å²) in [4.78, 5) is 14.2. The van der Waals surface area contributed by atoms with Crippen molar-refractivity contribution in [2.75, 3.05) is 26.7 Å². The lowest BCUT2D eigenvalue weighted by Gasteiger charge is -2.32. The maximum atomic E-state index is 12.3. The molecule has 4 nitrogen and oxygen atoms in total. The van der Waals surface area contributed by atoms with Gasteiger partial charge in [-0.1, -0.05) is 22.0 Å². The molecule has 112 valence electrons. The molecular formula is C14H20BrClN2O2. The van der Waals surface area contributed by atoms with Crippen LogP contribution in [0.5, 0.6) is 5.75 Å². The predicted octanol–water partition coefficient (Wildman–Crippen LogP) is 2.24. The standard InChI is InChI=1S/C14H19BrN2O2.ClH/c1-10-9-17(6-5-16-10)14(18)7-11-3-4-12(15)8-13(11)19-2;/h3-4,8,10,16H,5-7,9H2,1-2H3;1H. The number of hydrogen-bond donors (Lipinski definition) is 1. The lowest BCUT2D eigenvalue weighted by Crippen LogP contribution is -2.51. The van der Waals surface area contributed by atoms with E-state index in [0.717, 1.165) is 35.4 Å². The van der Waals surface area contributed by atoms with E-state index < -0.39 is 0 Å². The fraction of sp³-hybridized carbons (Fsp3) is 0.500. The highest BCUT2D eigenvalue weighted by Crippen LogP contribution is 2.24. The van der Waals surface area contributed by atoms with Crippen LogP contribution in [0.4, 0.5) is 0 Å². The van der Waals surface area contributed by atoms with E-state index in [2.05, 4.69) is 28.2 Å². The molecule has 6 heteroatoms. The van der Waals surface area contributed by atoms with Gasteiger partial charge in [-0.2, -0.15) is 0 Å². The molecule has 1 aromatic carbocycles. The second kappa shape index (κ2) is 7.86. The number of nitrogens with zero attached hydrogens (tertiary/aromatic N) is 1. The molecule has 1 unspecified atom stereocenters. The highest BCUT2D eigenvalue weighted by Gasteiger charge is 2.21. The lowest BCUT2D eigenvalue weighted by atomic mass is 10.1. The maximum absolute atomic E-state index is 12.3. The first-order chi connectivity index (χ1) is 9.10. The Labute approximate surface area is 134 Å². The Bertz CT molecular complexity index is 470. The van der Waals surface area contributed by atoms with Crippen molar-refractivity contribution in [2.24, 2.45) is 0 Å². The minimum Gasteiger partial charge on any atom is -0.496 e. The van der Waals surface area contributed by atoms with E-state index in [4.69, 9.17) is 4.74 Å². The first-order valence-corrected chi connectivity index (χ1v) is 7.23. The summed E-state index contributed by atoms with van der Waals surface area (Å²) < 4.78 is 6.28. The van der Waals surface area contributed by atoms with E-state index in [1.54, 1.807) is 7.11 Å². The van der Waals surface area contributed by atoms with Gasteiger partial charge in [0.25, 0.3) is 0 Å². The summed E-state index contributed by atoms with van der Waals surface area (Å²) in [7, 11) is 1.63. The third kappa shape index (κ3) is 4.36. The number of rotatable bonds is 3. The maximum Gasteiger partial charge on any atom is 0.227 e. The van der Waals surface area contributed by atoms with Gasteiger partial charge < -0.3 is 15.0 Å². The predicted molar refractivity (Wildman–Crippen MR) is 85.7 cm³/mol. The number of carbonyl (C=O) groups is 1. The molecule has 1 amide bonds. The summed E-state index contributed by atoms with van der Waals surface area (Å²) in [6.45, 7) is 4.52. The second-order valence-corrected chi connectivity index (χ2v) is 5.74. The van der Waals surface area contributed by atoms with Gasteiger partial charge in [0.05, 0.1) is 13.5 Å². The average molecular weight is 364 g/mol. The van der Waals surface area contributed by atoms with Gasteiger partial charge in [-0.15, -0.1) is 12.4 Å². The van der Waals surface area contributed by atoms with Crippen LogP contribution in [-0.4, -0.2) is 43.6 Å². The Morgan fingerprint density at radius 1 is 1.55 bits per heavy atom. The second-order valence-electron chi connectivity index (χ2n) is 4.83. The Balaban J connectivity index is 0.00000200. The van der Waals surface area contributed by atoms with Crippen molar-refractivity contribution >= 4 is 34.2 Å². The monoisotopic (exact) mass is 362 g/mol. The largest absolute Gasteiger partial charge is 0.496 e. The van der Waals surface area contributed by atoms with Crippen molar-refractivity contribution in [2.45, 2.75) is 19.4 Å². The Kier molecular flexibility index (Phi) is 6.79. The van der Waals surface area contributed by atoms with Crippen LogP contribution in [0.15, 0.2) is 22.7 Å². The van der Waals surface area contributed by atoms with Gasteiger partial charge >= 0.3 is 0 Å². The molecule has 1 fully saturated rings. The molecule has 1 aliphatic rings.